The van der Waals surface area contributed by atoms with Crippen LogP contribution in [0.3, 0.4) is 0 Å². The van der Waals surface area contributed by atoms with Gasteiger partial charge in [-0.3, -0.25) is 9.59 Å². The van der Waals surface area contributed by atoms with Crippen molar-refractivity contribution >= 4 is 17.6 Å². The van der Waals surface area contributed by atoms with E-state index in [1.54, 1.807) is 4.68 Å². The number of aromatic nitrogens is 4. The van der Waals surface area contributed by atoms with E-state index in [2.05, 4.69) is 20.6 Å². The molecule has 1 aromatic heterocycles. The molecule has 1 aliphatic heterocycles. The summed E-state index contributed by atoms with van der Waals surface area (Å²) in [5.74, 6) is -0.150. The van der Waals surface area contributed by atoms with Crippen molar-refractivity contribution in [2.24, 2.45) is 5.10 Å². The summed E-state index contributed by atoms with van der Waals surface area (Å²) in [7, 11) is 0. The topological polar surface area (TPSA) is 103 Å². The van der Waals surface area contributed by atoms with Crippen LogP contribution in [0.2, 0.25) is 0 Å². The predicted molar refractivity (Wildman–Crippen MR) is 96.4 cm³/mol. The van der Waals surface area contributed by atoms with Crippen molar-refractivity contribution < 1.29 is 14.3 Å². The van der Waals surface area contributed by atoms with Crippen LogP contribution in [0.15, 0.2) is 35.4 Å². The van der Waals surface area contributed by atoms with Crippen LogP contribution in [-0.2, 0) is 27.5 Å². The van der Waals surface area contributed by atoms with E-state index in [0.717, 1.165) is 17.7 Å². The van der Waals surface area contributed by atoms with Crippen LogP contribution in [0.1, 0.15) is 44.0 Å². The van der Waals surface area contributed by atoms with Gasteiger partial charge in [-0.1, -0.05) is 37.3 Å². The van der Waals surface area contributed by atoms with Gasteiger partial charge in [-0.2, -0.15) is 5.10 Å². The normalized spacial score (nSPS) is 13.5. The molecule has 9 heteroatoms. The lowest BCUT2D eigenvalue weighted by atomic mass is 10.1. The number of benzene rings is 1. The lowest BCUT2D eigenvalue weighted by Gasteiger charge is -2.11. The average Bonchev–Trinajstić information content (AvgIpc) is 3.35. The van der Waals surface area contributed by atoms with Crippen LogP contribution in [-0.4, -0.2) is 49.3 Å². The van der Waals surface area contributed by atoms with Gasteiger partial charge >= 0.3 is 5.97 Å². The van der Waals surface area contributed by atoms with Gasteiger partial charge in [-0.25, -0.2) is 9.69 Å². The van der Waals surface area contributed by atoms with Gasteiger partial charge in [-0.15, -0.1) is 5.10 Å². The van der Waals surface area contributed by atoms with Gasteiger partial charge in [0.15, 0.2) is 12.4 Å². The van der Waals surface area contributed by atoms with Crippen LogP contribution in [0, 0.1) is 0 Å². The van der Waals surface area contributed by atoms with Crippen LogP contribution >= 0.6 is 0 Å². The van der Waals surface area contributed by atoms with Crippen molar-refractivity contribution in [3.8, 4) is 0 Å². The molecule has 0 aliphatic carbocycles. The van der Waals surface area contributed by atoms with Crippen molar-refractivity contribution in [3.63, 3.8) is 0 Å². The quantitative estimate of drug-likeness (QED) is 0.653. The molecule has 0 unspecified atom stereocenters. The summed E-state index contributed by atoms with van der Waals surface area (Å²) >= 11 is 0. The Morgan fingerprint density at radius 3 is 2.78 bits per heavy atom. The highest BCUT2D eigenvalue weighted by Crippen LogP contribution is 2.15. The zero-order valence-electron chi connectivity index (χ0n) is 15.2. The molecule has 0 saturated carbocycles. The molecule has 1 aromatic carbocycles. The van der Waals surface area contributed by atoms with Crippen molar-refractivity contribution in [2.45, 2.75) is 45.8 Å². The molecule has 0 fully saturated rings. The monoisotopic (exact) mass is 370 g/mol. The summed E-state index contributed by atoms with van der Waals surface area (Å²) in [5, 5.41) is 17.0. The number of amides is 1. The van der Waals surface area contributed by atoms with E-state index < -0.39 is 5.97 Å². The smallest absolute Gasteiger partial charge is 0.306 e. The summed E-state index contributed by atoms with van der Waals surface area (Å²) < 4.78 is 6.77. The molecule has 1 aliphatic rings. The molecule has 27 heavy (non-hydrogen) atoms. The first kappa shape index (κ1) is 18.7. The highest BCUT2D eigenvalue weighted by Gasteiger charge is 2.22. The van der Waals surface area contributed by atoms with Gasteiger partial charge in [-0.05, 0) is 22.4 Å². The van der Waals surface area contributed by atoms with E-state index in [4.69, 9.17) is 4.74 Å². The number of rotatable bonds is 8. The largest absolute Gasteiger partial charge is 0.457 e. The maximum Gasteiger partial charge on any atom is 0.306 e. The number of hydrogen-bond acceptors (Lipinski definition) is 7. The molecule has 0 N–H and O–H groups in total. The van der Waals surface area contributed by atoms with Gasteiger partial charge in [0.25, 0.3) is 0 Å². The SMILES string of the molecule is CCCn1nnnc1COC(=O)CCC(=O)N1CCC(c2ccccc2)=N1. The Labute approximate surface area is 157 Å². The molecule has 2 aromatic rings. The molecule has 0 spiro atoms. The molecule has 0 saturated heterocycles. The number of ether oxygens (including phenoxy) is 1. The van der Waals surface area contributed by atoms with Crippen molar-refractivity contribution in [1.82, 2.24) is 25.2 Å². The lowest BCUT2D eigenvalue weighted by molar-refractivity contribution is -0.147. The highest BCUT2D eigenvalue weighted by molar-refractivity contribution is 6.02. The second-order valence-corrected chi connectivity index (χ2v) is 6.16. The fraction of sp³-hybridized carbons (Fsp3) is 0.444. The third-order valence-electron chi connectivity index (χ3n) is 4.14. The summed E-state index contributed by atoms with van der Waals surface area (Å²) in [6.45, 7) is 3.20. The maximum atomic E-state index is 12.3. The second-order valence-electron chi connectivity index (χ2n) is 6.16. The van der Waals surface area contributed by atoms with Gasteiger partial charge in [0, 0.05) is 19.4 Å². The minimum Gasteiger partial charge on any atom is -0.457 e. The Morgan fingerprint density at radius 1 is 1.19 bits per heavy atom. The number of esters is 1. The van der Waals surface area contributed by atoms with Gasteiger partial charge in [0.05, 0.1) is 18.7 Å². The Balaban J connectivity index is 1.44. The van der Waals surface area contributed by atoms with E-state index in [1.807, 2.05) is 37.3 Å². The number of aryl methyl sites for hydroxylation is 1. The van der Waals surface area contributed by atoms with Crippen LogP contribution in [0.5, 0.6) is 0 Å². The molecule has 3 rings (SSSR count). The highest BCUT2D eigenvalue weighted by atomic mass is 16.5. The lowest BCUT2D eigenvalue weighted by Crippen LogP contribution is -2.24. The minimum atomic E-state index is -0.458. The van der Waals surface area contributed by atoms with Crippen LogP contribution in [0.25, 0.3) is 0 Å². The number of nitrogens with zero attached hydrogens (tertiary/aromatic N) is 6. The molecule has 0 atom stereocenters. The third-order valence-corrected chi connectivity index (χ3v) is 4.14. The second kappa shape index (κ2) is 9.02. The number of tetrazole rings is 1. The van der Waals surface area contributed by atoms with E-state index in [-0.39, 0.29) is 25.4 Å². The summed E-state index contributed by atoms with van der Waals surface area (Å²) in [5.41, 5.74) is 1.89. The molecular weight excluding hydrogens is 348 g/mol. The van der Waals surface area contributed by atoms with E-state index in [0.29, 0.717) is 25.3 Å². The Bertz CT molecular complexity index is 818. The first-order chi connectivity index (χ1) is 13.2. The molecule has 1 amide bonds. The molecule has 0 bridgehead atoms. The predicted octanol–water partition coefficient (Wildman–Crippen LogP) is 1.54. The molecule has 9 nitrogen and oxygen atoms in total. The summed E-state index contributed by atoms with van der Waals surface area (Å²) in [4.78, 5) is 24.2. The Hall–Kier alpha value is -3.10. The van der Waals surface area contributed by atoms with Crippen LogP contribution < -0.4 is 0 Å². The van der Waals surface area contributed by atoms with Crippen LogP contribution in [0.4, 0.5) is 0 Å². The first-order valence-electron chi connectivity index (χ1n) is 9.01. The average molecular weight is 370 g/mol. The molecule has 0 radical (unpaired) electrons. The van der Waals surface area contributed by atoms with E-state index in [9.17, 15) is 9.59 Å². The number of hydrogen-bond donors (Lipinski definition) is 0. The molecular formula is C18H22N6O3. The number of hydrazone groups is 1. The zero-order valence-corrected chi connectivity index (χ0v) is 15.2. The fourth-order valence-electron chi connectivity index (χ4n) is 2.74. The number of carbonyl (C=O) groups excluding carboxylic acids is 2. The Kier molecular flexibility index (Phi) is 6.24. The van der Waals surface area contributed by atoms with Gasteiger partial charge in [0.1, 0.15) is 0 Å². The van der Waals surface area contributed by atoms with Crippen molar-refractivity contribution in [3.05, 3.63) is 41.7 Å². The molecule has 2 heterocycles. The standard InChI is InChI=1S/C18H22N6O3/c1-2-11-23-16(19-21-22-23)13-27-18(26)9-8-17(25)24-12-10-15(20-24)14-6-4-3-5-7-14/h3-7H,2,8-13H2,1H3. The van der Waals surface area contributed by atoms with E-state index in [1.165, 1.54) is 5.01 Å². The fourth-order valence-corrected chi connectivity index (χ4v) is 2.74. The maximum absolute atomic E-state index is 12.3. The summed E-state index contributed by atoms with van der Waals surface area (Å²) in [6, 6.07) is 9.76. The van der Waals surface area contributed by atoms with Crippen molar-refractivity contribution in [1.29, 1.82) is 0 Å². The Morgan fingerprint density at radius 2 is 2.00 bits per heavy atom. The van der Waals surface area contributed by atoms with Gasteiger partial charge in [0.2, 0.25) is 5.91 Å². The van der Waals surface area contributed by atoms with Crippen molar-refractivity contribution in [2.75, 3.05) is 6.54 Å². The first-order valence-corrected chi connectivity index (χ1v) is 9.01. The summed E-state index contributed by atoms with van der Waals surface area (Å²) in [6.07, 6.45) is 1.65. The van der Waals surface area contributed by atoms with E-state index >= 15 is 0 Å². The third kappa shape index (κ3) is 4.96. The van der Waals surface area contributed by atoms with Gasteiger partial charge < -0.3 is 4.74 Å². The minimum absolute atomic E-state index is 0.0000458. The molecule has 142 valence electrons. The zero-order chi connectivity index (χ0) is 19.1. The number of carbonyl (C=O) groups is 2.